The quantitative estimate of drug-likeness (QED) is 0.561. The minimum absolute atomic E-state index is 0.830. The molecule has 1 rings (SSSR count). The van der Waals surface area contributed by atoms with Crippen LogP contribution in [-0.2, 0) is 0 Å². The first-order valence-corrected chi connectivity index (χ1v) is 7.38. The van der Waals surface area contributed by atoms with Crippen LogP contribution in [0.1, 0.15) is 26.7 Å². The summed E-state index contributed by atoms with van der Waals surface area (Å²) in [6, 6.07) is 0. The molecule has 0 fully saturated rings. The SMILES string of the molecule is CC(C)CCCNCCSc1nccs1. The summed E-state index contributed by atoms with van der Waals surface area (Å²) in [4.78, 5) is 4.23. The number of thiazole rings is 1. The van der Waals surface area contributed by atoms with Gasteiger partial charge in [0.05, 0.1) is 0 Å². The van der Waals surface area contributed by atoms with Crippen molar-refractivity contribution < 1.29 is 0 Å². The van der Waals surface area contributed by atoms with Gasteiger partial charge in [0, 0.05) is 23.9 Å². The molecule has 1 aromatic heterocycles. The largest absolute Gasteiger partial charge is 0.316 e. The minimum atomic E-state index is 0.830. The minimum Gasteiger partial charge on any atom is -0.316 e. The Morgan fingerprint density at radius 2 is 2.33 bits per heavy atom. The van der Waals surface area contributed by atoms with Gasteiger partial charge in [0.15, 0.2) is 0 Å². The number of thioether (sulfide) groups is 1. The van der Waals surface area contributed by atoms with Gasteiger partial charge >= 0.3 is 0 Å². The highest BCUT2D eigenvalue weighted by atomic mass is 32.2. The molecule has 0 aliphatic heterocycles. The number of aromatic nitrogens is 1. The third kappa shape index (κ3) is 6.93. The molecule has 0 unspecified atom stereocenters. The molecular formula is C11H20N2S2. The van der Waals surface area contributed by atoms with Gasteiger partial charge in [-0.05, 0) is 25.3 Å². The molecule has 1 N–H and O–H groups in total. The van der Waals surface area contributed by atoms with E-state index < -0.39 is 0 Å². The van der Waals surface area contributed by atoms with Crippen LogP contribution in [0.25, 0.3) is 0 Å². The van der Waals surface area contributed by atoms with E-state index in [0.717, 1.165) is 24.8 Å². The Labute approximate surface area is 101 Å². The number of nitrogens with zero attached hydrogens (tertiary/aromatic N) is 1. The lowest BCUT2D eigenvalue weighted by atomic mass is 10.1. The van der Waals surface area contributed by atoms with Crippen LogP contribution in [-0.4, -0.2) is 23.8 Å². The molecule has 1 heterocycles. The molecule has 0 aromatic carbocycles. The highest BCUT2D eigenvalue weighted by Gasteiger charge is 1.96. The lowest BCUT2D eigenvalue weighted by Crippen LogP contribution is -2.18. The van der Waals surface area contributed by atoms with Crippen LogP contribution in [0.5, 0.6) is 0 Å². The molecule has 0 amide bonds. The van der Waals surface area contributed by atoms with E-state index in [1.54, 1.807) is 11.3 Å². The fourth-order valence-electron chi connectivity index (χ4n) is 1.25. The first-order valence-electron chi connectivity index (χ1n) is 5.52. The van der Waals surface area contributed by atoms with Crippen LogP contribution < -0.4 is 5.32 Å². The van der Waals surface area contributed by atoms with E-state index in [-0.39, 0.29) is 0 Å². The number of rotatable bonds is 8. The van der Waals surface area contributed by atoms with E-state index in [0.29, 0.717) is 0 Å². The number of nitrogens with one attached hydrogen (secondary N) is 1. The summed E-state index contributed by atoms with van der Waals surface area (Å²) in [6.45, 7) is 6.79. The molecule has 0 aliphatic rings. The average molecular weight is 244 g/mol. The Bertz CT molecular complexity index is 235. The van der Waals surface area contributed by atoms with Gasteiger partial charge in [-0.3, -0.25) is 0 Å². The molecule has 0 atom stereocenters. The molecule has 4 heteroatoms. The molecule has 0 bridgehead atoms. The Kier molecular flexibility index (Phi) is 7.05. The third-order valence-electron chi connectivity index (χ3n) is 2.05. The van der Waals surface area contributed by atoms with Crippen molar-refractivity contribution in [3.05, 3.63) is 11.6 Å². The van der Waals surface area contributed by atoms with Gasteiger partial charge in [-0.1, -0.05) is 25.6 Å². The van der Waals surface area contributed by atoms with E-state index in [4.69, 9.17) is 0 Å². The molecule has 0 spiro atoms. The van der Waals surface area contributed by atoms with E-state index >= 15 is 0 Å². The number of hydrogen-bond donors (Lipinski definition) is 1. The summed E-state index contributed by atoms with van der Waals surface area (Å²) >= 11 is 3.56. The van der Waals surface area contributed by atoms with Crippen LogP contribution in [0, 0.1) is 5.92 Å². The van der Waals surface area contributed by atoms with Crippen molar-refractivity contribution >= 4 is 23.1 Å². The van der Waals surface area contributed by atoms with Crippen molar-refractivity contribution in [2.75, 3.05) is 18.8 Å². The smallest absolute Gasteiger partial charge is 0.149 e. The Morgan fingerprint density at radius 3 is 3.00 bits per heavy atom. The zero-order chi connectivity index (χ0) is 10.9. The van der Waals surface area contributed by atoms with Crippen molar-refractivity contribution in [2.45, 2.75) is 31.0 Å². The predicted molar refractivity (Wildman–Crippen MR) is 69.8 cm³/mol. The fraction of sp³-hybridized carbons (Fsp3) is 0.727. The predicted octanol–water partition coefficient (Wildman–Crippen LogP) is 3.26. The molecule has 0 radical (unpaired) electrons. The molecule has 15 heavy (non-hydrogen) atoms. The maximum absolute atomic E-state index is 4.23. The summed E-state index contributed by atoms with van der Waals surface area (Å²) in [5, 5.41) is 5.49. The Balaban J connectivity index is 1.85. The lowest BCUT2D eigenvalue weighted by Gasteiger charge is -2.05. The maximum atomic E-state index is 4.23. The fourth-order valence-corrected chi connectivity index (χ4v) is 2.86. The van der Waals surface area contributed by atoms with Crippen LogP contribution in [0.4, 0.5) is 0 Å². The molecular weight excluding hydrogens is 224 g/mol. The van der Waals surface area contributed by atoms with Gasteiger partial charge in [0.1, 0.15) is 4.34 Å². The lowest BCUT2D eigenvalue weighted by molar-refractivity contribution is 0.534. The topological polar surface area (TPSA) is 24.9 Å². The summed E-state index contributed by atoms with van der Waals surface area (Å²) in [5.41, 5.74) is 0. The van der Waals surface area contributed by atoms with Crippen molar-refractivity contribution in [3.8, 4) is 0 Å². The van der Waals surface area contributed by atoms with Crippen LogP contribution in [0.15, 0.2) is 15.9 Å². The zero-order valence-electron chi connectivity index (χ0n) is 9.53. The maximum Gasteiger partial charge on any atom is 0.149 e. The van der Waals surface area contributed by atoms with E-state index in [9.17, 15) is 0 Å². The molecule has 0 aliphatic carbocycles. The van der Waals surface area contributed by atoms with E-state index in [1.807, 2.05) is 23.3 Å². The summed E-state index contributed by atoms with van der Waals surface area (Å²) in [7, 11) is 0. The molecule has 0 saturated carbocycles. The van der Waals surface area contributed by atoms with Gasteiger partial charge in [-0.15, -0.1) is 11.3 Å². The first kappa shape index (κ1) is 13.0. The van der Waals surface area contributed by atoms with Crippen molar-refractivity contribution in [1.82, 2.24) is 10.3 Å². The summed E-state index contributed by atoms with van der Waals surface area (Å²) < 4.78 is 1.18. The summed E-state index contributed by atoms with van der Waals surface area (Å²) in [5.74, 6) is 1.95. The average Bonchev–Trinajstić information content (AvgIpc) is 2.68. The second kappa shape index (κ2) is 8.13. The normalized spacial score (nSPS) is 11.1. The summed E-state index contributed by atoms with van der Waals surface area (Å²) in [6.07, 6.45) is 4.48. The first-order chi connectivity index (χ1) is 7.29. The standard InChI is InChI=1S/C11H20N2S2/c1-10(2)4-3-5-12-6-8-14-11-13-7-9-15-11/h7,9-10,12H,3-6,8H2,1-2H3. The van der Waals surface area contributed by atoms with Crippen LogP contribution in [0.2, 0.25) is 0 Å². The second-order valence-corrected chi connectivity index (χ2v) is 6.17. The van der Waals surface area contributed by atoms with Gasteiger partial charge in [-0.2, -0.15) is 0 Å². The molecule has 2 nitrogen and oxygen atoms in total. The Hall–Kier alpha value is -0.0600. The molecule has 86 valence electrons. The Morgan fingerprint density at radius 1 is 1.47 bits per heavy atom. The third-order valence-corrected chi connectivity index (χ3v) is 4.02. The monoisotopic (exact) mass is 244 g/mol. The van der Waals surface area contributed by atoms with Crippen molar-refractivity contribution in [2.24, 2.45) is 5.92 Å². The van der Waals surface area contributed by atoms with Crippen LogP contribution in [0.3, 0.4) is 0 Å². The number of hydrogen-bond acceptors (Lipinski definition) is 4. The van der Waals surface area contributed by atoms with Gasteiger partial charge in [-0.25, -0.2) is 4.98 Å². The van der Waals surface area contributed by atoms with E-state index in [2.05, 4.69) is 24.1 Å². The highest BCUT2D eigenvalue weighted by molar-refractivity contribution is 8.01. The molecule has 0 saturated heterocycles. The molecule has 1 aromatic rings. The van der Waals surface area contributed by atoms with Crippen LogP contribution >= 0.6 is 23.1 Å². The van der Waals surface area contributed by atoms with Crippen molar-refractivity contribution in [1.29, 1.82) is 0 Å². The van der Waals surface area contributed by atoms with Gasteiger partial charge in [0.2, 0.25) is 0 Å². The highest BCUT2D eigenvalue weighted by Crippen LogP contribution is 2.18. The second-order valence-electron chi connectivity index (χ2n) is 3.93. The van der Waals surface area contributed by atoms with E-state index in [1.165, 1.54) is 17.2 Å². The van der Waals surface area contributed by atoms with Gasteiger partial charge < -0.3 is 5.32 Å². The van der Waals surface area contributed by atoms with Gasteiger partial charge in [0.25, 0.3) is 0 Å². The van der Waals surface area contributed by atoms with Crippen molar-refractivity contribution in [3.63, 3.8) is 0 Å². The zero-order valence-corrected chi connectivity index (χ0v) is 11.2.